The summed E-state index contributed by atoms with van der Waals surface area (Å²) in [5.74, 6) is 1.06. The molecule has 5 nitrogen and oxygen atoms in total. The van der Waals surface area contributed by atoms with Crippen LogP contribution in [0.15, 0.2) is 76.6 Å². The number of hydrogen-bond donors (Lipinski definition) is 1. The molecule has 1 aliphatic carbocycles. The van der Waals surface area contributed by atoms with E-state index in [9.17, 15) is 4.39 Å². The molecular weight excluding hydrogens is 531 g/mol. The Bertz CT molecular complexity index is 1660. The zero-order chi connectivity index (χ0) is 28.9. The highest BCUT2D eigenvalue weighted by molar-refractivity contribution is 7.13. The van der Waals surface area contributed by atoms with Crippen LogP contribution in [0.5, 0.6) is 5.75 Å². The van der Waals surface area contributed by atoms with E-state index >= 15 is 0 Å². The van der Waals surface area contributed by atoms with Crippen LogP contribution in [-0.4, -0.2) is 29.3 Å². The molecule has 0 amide bonds. The number of nitrogen functional groups attached to an aromatic ring is 1. The summed E-state index contributed by atoms with van der Waals surface area (Å²) in [7, 11) is 0. The minimum Gasteiger partial charge on any atom is -0.491 e. The topological polar surface area (TPSA) is 63.7 Å². The van der Waals surface area contributed by atoms with Gasteiger partial charge in [-0.3, -0.25) is 4.99 Å². The number of aliphatic imine (C=N–C) groups is 1. The smallest absolute Gasteiger partial charge is 0.181 e. The third-order valence-electron chi connectivity index (χ3n) is 7.48. The van der Waals surface area contributed by atoms with Crippen LogP contribution in [0.25, 0.3) is 17.7 Å². The summed E-state index contributed by atoms with van der Waals surface area (Å²) in [4.78, 5) is 11.5. The number of ether oxygens (including phenoxy) is 1. The number of hydrogen-bond acceptors (Lipinski definition) is 6. The van der Waals surface area contributed by atoms with Crippen LogP contribution in [0.4, 0.5) is 9.52 Å². The second-order valence-electron chi connectivity index (χ2n) is 10.5. The van der Waals surface area contributed by atoms with Crippen LogP contribution >= 0.6 is 11.3 Å². The maximum Gasteiger partial charge on any atom is 0.181 e. The number of fused-ring (bicyclic) bond motifs is 2. The highest BCUT2D eigenvalue weighted by Crippen LogP contribution is 2.33. The summed E-state index contributed by atoms with van der Waals surface area (Å²) < 4.78 is 21.0. The average Bonchev–Trinajstić information content (AvgIpc) is 3.16. The zero-order valence-electron chi connectivity index (χ0n) is 24.2. The van der Waals surface area contributed by atoms with E-state index in [0.29, 0.717) is 30.6 Å². The number of nitrogens with two attached hydrogens (primary N) is 1. The molecule has 0 fully saturated rings. The maximum absolute atomic E-state index is 13.6. The van der Waals surface area contributed by atoms with Crippen molar-refractivity contribution in [3.05, 3.63) is 104 Å². The fourth-order valence-electron chi connectivity index (χ4n) is 5.46. The Kier molecular flexibility index (Phi) is 8.84. The molecule has 3 aromatic rings. The van der Waals surface area contributed by atoms with Crippen LogP contribution in [0.1, 0.15) is 50.8 Å². The standard InChI is InChI=1S/C34H37FN4OS/c1-5-31(29(23(4)37-6-2)18-24-8-11-28(35)12-9-24)39-15-16-40-32-14-10-25(19-27(32)21-39)26-17-22(3)7-13-30-33(20-26)41-34(36)38-30/h5-6,8-14,17,19-20,22H,7,15-16,18,21H2,1-4H3,(H2,36,38)/b26-17?,29-23-,30-13?,31-5?,33-20?,37-6?. The predicted molar refractivity (Wildman–Crippen MR) is 170 cm³/mol. The van der Waals surface area contributed by atoms with Crippen molar-refractivity contribution in [1.29, 1.82) is 0 Å². The Morgan fingerprint density at radius 3 is 2.78 bits per heavy atom. The Hall–Kier alpha value is -3.97. The Labute approximate surface area is 245 Å². The van der Waals surface area contributed by atoms with Crippen molar-refractivity contribution < 1.29 is 9.13 Å². The molecule has 2 heterocycles. The second kappa shape index (κ2) is 12.7. The Morgan fingerprint density at radius 2 is 2.02 bits per heavy atom. The molecule has 41 heavy (non-hydrogen) atoms. The SMILES string of the molecule is CC=N/C(C)=C(/Cc1ccc(F)cc1)C(=CC)N1CCOc2ccc(C3=CC(C)CC=c4nc(N)sc4=C3)cc2C1. The first kappa shape index (κ1) is 28.6. The molecule has 7 heteroatoms. The van der Waals surface area contributed by atoms with Crippen molar-refractivity contribution in [2.75, 3.05) is 18.9 Å². The van der Waals surface area contributed by atoms with Crippen LogP contribution in [0, 0.1) is 11.7 Å². The van der Waals surface area contributed by atoms with E-state index in [4.69, 9.17) is 10.5 Å². The lowest BCUT2D eigenvalue weighted by Crippen LogP contribution is -2.27. The number of anilines is 1. The number of rotatable bonds is 6. The Morgan fingerprint density at radius 1 is 1.22 bits per heavy atom. The van der Waals surface area contributed by atoms with Crippen molar-refractivity contribution >= 4 is 40.4 Å². The van der Waals surface area contributed by atoms with E-state index in [1.807, 2.05) is 32.2 Å². The summed E-state index contributed by atoms with van der Waals surface area (Å²) in [5.41, 5.74) is 13.7. The van der Waals surface area contributed by atoms with Gasteiger partial charge in [-0.2, -0.15) is 0 Å². The highest BCUT2D eigenvalue weighted by Gasteiger charge is 2.22. The minimum absolute atomic E-state index is 0.231. The van der Waals surface area contributed by atoms with Gasteiger partial charge in [-0.05, 0) is 80.2 Å². The van der Waals surface area contributed by atoms with Gasteiger partial charge in [0, 0.05) is 41.7 Å². The van der Waals surface area contributed by atoms with Gasteiger partial charge in [-0.15, -0.1) is 0 Å². The molecule has 0 spiro atoms. The number of aromatic nitrogens is 1. The summed E-state index contributed by atoms with van der Waals surface area (Å²) in [6.45, 7) is 10.3. The minimum atomic E-state index is -0.231. The molecule has 1 atom stereocenters. The lowest BCUT2D eigenvalue weighted by molar-refractivity contribution is 0.265. The summed E-state index contributed by atoms with van der Waals surface area (Å²) >= 11 is 1.52. The third kappa shape index (κ3) is 6.68. The highest BCUT2D eigenvalue weighted by atomic mass is 32.1. The first-order valence-electron chi connectivity index (χ1n) is 14.1. The first-order valence-corrected chi connectivity index (χ1v) is 14.9. The van der Waals surface area contributed by atoms with Gasteiger partial charge in [0.05, 0.1) is 16.4 Å². The number of thiazole rings is 1. The number of halogens is 1. The van der Waals surface area contributed by atoms with Crippen LogP contribution in [-0.2, 0) is 13.0 Å². The molecule has 2 N–H and O–H groups in total. The fourth-order valence-corrected chi connectivity index (χ4v) is 6.25. The molecule has 0 bridgehead atoms. The van der Waals surface area contributed by atoms with E-state index in [2.05, 4.69) is 71.2 Å². The van der Waals surface area contributed by atoms with Crippen molar-refractivity contribution in [3.8, 4) is 5.75 Å². The predicted octanol–water partition coefficient (Wildman–Crippen LogP) is 6.25. The van der Waals surface area contributed by atoms with Crippen molar-refractivity contribution in [2.24, 2.45) is 10.9 Å². The summed E-state index contributed by atoms with van der Waals surface area (Å²) in [6.07, 6.45) is 12.3. The zero-order valence-corrected chi connectivity index (χ0v) is 25.0. The van der Waals surface area contributed by atoms with Gasteiger partial charge < -0.3 is 15.4 Å². The maximum atomic E-state index is 13.6. The molecule has 1 unspecified atom stereocenters. The monoisotopic (exact) mass is 568 g/mol. The van der Waals surface area contributed by atoms with Gasteiger partial charge in [-0.25, -0.2) is 9.37 Å². The van der Waals surface area contributed by atoms with Gasteiger partial charge in [0.15, 0.2) is 5.13 Å². The number of allylic oxidation sites excluding steroid dienone is 5. The van der Waals surface area contributed by atoms with Crippen molar-refractivity contribution in [1.82, 2.24) is 9.88 Å². The molecule has 2 aromatic carbocycles. The van der Waals surface area contributed by atoms with Gasteiger partial charge >= 0.3 is 0 Å². The van der Waals surface area contributed by atoms with Gasteiger partial charge in [-0.1, -0.05) is 54.7 Å². The van der Waals surface area contributed by atoms with E-state index in [0.717, 1.165) is 62.3 Å². The molecule has 1 aromatic heterocycles. The average molecular weight is 569 g/mol. The molecule has 0 radical (unpaired) electrons. The van der Waals surface area contributed by atoms with E-state index < -0.39 is 0 Å². The second-order valence-corrected chi connectivity index (χ2v) is 11.6. The normalized spacial score (nSPS) is 18.1. The molecule has 1 aliphatic heterocycles. The van der Waals surface area contributed by atoms with Gasteiger partial charge in [0.2, 0.25) is 0 Å². The number of nitrogens with zero attached hydrogens (tertiary/aromatic N) is 3. The summed E-state index contributed by atoms with van der Waals surface area (Å²) in [5, 5.41) is 1.56. The molecule has 0 saturated heterocycles. The van der Waals surface area contributed by atoms with Gasteiger partial charge in [0.1, 0.15) is 18.2 Å². The molecule has 0 saturated carbocycles. The summed E-state index contributed by atoms with van der Waals surface area (Å²) in [6, 6.07) is 13.2. The quantitative estimate of drug-likeness (QED) is 0.282. The largest absolute Gasteiger partial charge is 0.491 e. The van der Waals surface area contributed by atoms with Gasteiger partial charge in [0.25, 0.3) is 0 Å². The molecular formula is C34H37FN4OS. The van der Waals surface area contributed by atoms with Crippen LogP contribution < -0.4 is 20.4 Å². The lowest BCUT2D eigenvalue weighted by atomic mass is 9.95. The number of benzene rings is 2. The molecule has 2 aliphatic rings. The molecule has 212 valence electrons. The van der Waals surface area contributed by atoms with Crippen molar-refractivity contribution in [3.63, 3.8) is 0 Å². The van der Waals surface area contributed by atoms with E-state index in [1.165, 1.54) is 29.0 Å². The van der Waals surface area contributed by atoms with Crippen LogP contribution in [0.2, 0.25) is 0 Å². The van der Waals surface area contributed by atoms with Crippen molar-refractivity contribution in [2.45, 2.75) is 47.1 Å². The third-order valence-corrected chi connectivity index (χ3v) is 8.33. The molecule has 5 rings (SSSR count). The first-order chi connectivity index (χ1) is 19.8. The Balaban J connectivity index is 1.51. The van der Waals surface area contributed by atoms with E-state index in [1.54, 1.807) is 0 Å². The van der Waals surface area contributed by atoms with E-state index in [-0.39, 0.29) is 5.82 Å². The van der Waals surface area contributed by atoms with Crippen LogP contribution in [0.3, 0.4) is 0 Å². The fraction of sp³-hybridized carbons (Fsp3) is 0.294. The lowest BCUT2D eigenvalue weighted by Gasteiger charge is -2.28.